The molecule has 0 bridgehead atoms. The van der Waals surface area contributed by atoms with Crippen molar-refractivity contribution in [3.05, 3.63) is 34.6 Å². The molecule has 0 spiro atoms. The molecule has 1 aliphatic rings. The Balaban J connectivity index is 1.63. The Morgan fingerprint density at radius 2 is 2.07 bits per heavy atom. The predicted molar refractivity (Wildman–Crippen MR) is 106 cm³/mol. The van der Waals surface area contributed by atoms with Crippen molar-refractivity contribution in [3.8, 4) is 11.6 Å². The summed E-state index contributed by atoms with van der Waals surface area (Å²) in [6.45, 7) is 0. The first-order valence-corrected chi connectivity index (χ1v) is 9.83. The number of hydrogen-bond donors (Lipinski definition) is 1. The second kappa shape index (κ2) is 7.93. The fraction of sp³-hybridized carbons (Fsp3) is 0.389. The molecule has 10 heteroatoms. The molecule has 1 N–H and O–H groups in total. The molecule has 1 fully saturated rings. The summed E-state index contributed by atoms with van der Waals surface area (Å²) in [5.41, 5.74) is 0.494. The van der Waals surface area contributed by atoms with Gasteiger partial charge in [-0.2, -0.15) is 4.98 Å². The largest absolute Gasteiger partial charge is 0.497 e. The zero-order valence-electron chi connectivity index (χ0n) is 15.3. The van der Waals surface area contributed by atoms with Gasteiger partial charge in [-0.25, -0.2) is 9.97 Å². The smallest absolute Gasteiger partial charge is 0.373 e. The Morgan fingerprint density at radius 1 is 1.25 bits per heavy atom. The quantitative estimate of drug-likeness (QED) is 0.476. The molecule has 0 amide bonds. The maximum absolute atomic E-state index is 11.7. The van der Waals surface area contributed by atoms with Crippen LogP contribution in [0.1, 0.15) is 32.1 Å². The third kappa shape index (κ3) is 3.81. The van der Waals surface area contributed by atoms with Crippen LogP contribution in [0.4, 0.5) is 16.6 Å². The van der Waals surface area contributed by atoms with Gasteiger partial charge in [0.15, 0.2) is 5.13 Å². The van der Waals surface area contributed by atoms with E-state index in [4.69, 9.17) is 9.47 Å². The fourth-order valence-electron chi connectivity index (χ4n) is 3.23. The Bertz CT molecular complexity index is 1000. The summed E-state index contributed by atoms with van der Waals surface area (Å²) in [5.74, 6) is 0.785. The van der Waals surface area contributed by atoms with Crippen molar-refractivity contribution in [2.75, 3.05) is 12.4 Å². The molecule has 0 aliphatic heterocycles. The van der Waals surface area contributed by atoms with Gasteiger partial charge >= 0.3 is 5.69 Å². The van der Waals surface area contributed by atoms with Gasteiger partial charge in [-0.1, -0.05) is 17.8 Å². The molecule has 0 radical (unpaired) electrons. The Morgan fingerprint density at radius 3 is 2.82 bits per heavy atom. The highest BCUT2D eigenvalue weighted by Crippen LogP contribution is 2.37. The van der Waals surface area contributed by atoms with Crippen molar-refractivity contribution in [2.45, 2.75) is 38.2 Å². The lowest BCUT2D eigenvalue weighted by Gasteiger charge is -2.22. The molecule has 28 heavy (non-hydrogen) atoms. The summed E-state index contributed by atoms with van der Waals surface area (Å²) in [7, 11) is 1.60. The standard InChI is InChI=1S/C18H19N5O4S/c1-26-12-7-8-13-14(9-12)28-18(21-13)22-16-15(23(24)25)17(20-10-19-16)27-11-5-3-2-4-6-11/h7-11H,2-6H2,1H3,(H,19,20,21,22). The van der Waals surface area contributed by atoms with Crippen LogP contribution in [0.5, 0.6) is 11.6 Å². The third-order valence-corrected chi connectivity index (χ3v) is 5.56. The summed E-state index contributed by atoms with van der Waals surface area (Å²) >= 11 is 1.36. The van der Waals surface area contributed by atoms with Crippen LogP contribution in [-0.2, 0) is 0 Å². The van der Waals surface area contributed by atoms with Crippen LogP contribution >= 0.6 is 11.3 Å². The maximum Gasteiger partial charge on any atom is 0.373 e. The number of benzene rings is 1. The number of nitro groups is 1. The second-order valence-corrected chi connectivity index (χ2v) is 7.52. The first kappa shape index (κ1) is 18.4. The molecule has 1 saturated carbocycles. The summed E-state index contributed by atoms with van der Waals surface area (Å²) in [4.78, 5) is 23.7. The number of methoxy groups -OCH3 is 1. The number of ether oxygens (including phenoxy) is 2. The number of nitrogens with one attached hydrogen (secondary N) is 1. The van der Waals surface area contributed by atoms with Crippen LogP contribution in [0.3, 0.4) is 0 Å². The lowest BCUT2D eigenvalue weighted by molar-refractivity contribution is -0.385. The molecule has 146 valence electrons. The molecule has 0 saturated heterocycles. The maximum atomic E-state index is 11.7. The molecule has 4 rings (SSSR count). The molecule has 9 nitrogen and oxygen atoms in total. The van der Waals surface area contributed by atoms with Crippen molar-refractivity contribution >= 4 is 38.2 Å². The number of fused-ring (bicyclic) bond motifs is 1. The van der Waals surface area contributed by atoms with Gasteiger partial charge < -0.3 is 14.8 Å². The molecule has 0 atom stereocenters. The molecule has 1 aliphatic carbocycles. The minimum Gasteiger partial charge on any atom is -0.497 e. The Labute approximate surface area is 164 Å². The van der Waals surface area contributed by atoms with E-state index in [1.807, 2.05) is 18.2 Å². The molecule has 2 aromatic heterocycles. The highest BCUT2D eigenvalue weighted by molar-refractivity contribution is 7.22. The molecule has 1 aromatic carbocycles. The van der Waals surface area contributed by atoms with E-state index in [9.17, 15) is 10.1 Å². The summed E-state index contributed by atoms with van der Waals surface area (Å²) < 4.78 is 12.0. The van der Waals surface area contributed by atoms with Crippen LogP contribution < -0.4 is 14.8 Å². The van der Waals surface area contributed by atoms with Gasteiger partial charge in [-0.05, 0) is 43.9 Å². The van der Waals surface area contributed by atoms with E-state index in [1.165, 1.54) is 24.1 Å². The van der Waals surface area contributed by atoms with Crippen LogP contribution in [0.2, 0.25) is 0 Å². The zero-order chi connectivity index (χ0) is 19.5. The number of hydrogen-bond acceptors (Lipinski definition) is 9. The van der Waals surface area contributed by atoms with Gasteiger partial charge in [-0.15, -0.1) is 0 Å². The van der Waals surface area contributed by atoms with Crippen LogP contribution in [0, 0.1) is 10.1 Å². The lowest BCUT2D eigenvalue weighted by atomic mass is 9.98. The first-order chi connectivity index (χ1) is 13.6. The van der Waals surface area contributed by atoms with E-state index >= 15 is 0 Å². The number of rotatable bonds is 6. The van der Waals surface area contributed by atoms with Crippen molar-refractivity contribution in [1.29, 1.82) is 0 Å². The number of aromatic nitrogens is 3. The van der Waals surface area contributed by atoms with E-state index < -0.39 is 4.92 Å². The first-order valence-electron chi connectivity index (χ1n) is 9.01. The van der Waals surface area contributed by atoms with Gasteiger partial charge in [0.1, 0.15) is 18.2 Å². The van der Waals surface area contributed by atoms with Crippen molar-refractivity contribution in [1.82, 2.24) is 15.0 Å². The van der Waals surface area contributed by atoms with Gasteiger partial charge in [0, 0.05) is 0 Å². The summed E-state index contributed by atoms with van der Waals surface area (Å²) in [6, 6.07) is 5.52. The van der Waals surface area contributed by atoms with Gasteiger partial charge in [0.05, 0.1) is 22.2 Å². The van der Waals surface area contributed by atoms with Crippen molar-refractivity contribution in [3.63, 3.8) is 0 Å². The van der Waals surface area contributed by atoms with Crippen LogP contribution in [0.25, 0.3) is 10.2 Å². The predicted octanol–water partition coefficient (Wildman–Crippen LogP) is 4.46. The zero-order valence-corrected chi connectivity index (χ0v) is 16.1. The molecular weight excluding hydrogens is 382 g/mol. The minimum atomic E-state index is -0.517. The van der Waals surface area contributed by atoms with Gasteiger partial charge in [0.2, 0.25) is 5.82 Å². The Kier molecular flexibility index (Phi) is 5.20. The van der Waals surface area contributed by atoms with Crippen LogP contribution in [0.15, 0.2) is 24.5 Å². The fourth-order valence-corrected chi connectivity index (χ4v) is 4.13. The number of nitrogens with zero attached hydrogens (tertiary/aromatic N) is 4. The van der Waals surface area contributed by atoms with E-state index in [1.54, 1.807) is 7.11 Å². The molecule has 3 aromatic rings. The third-order valence-electron chi connectivity index (χ3n) is 4.62. The molecule has 0 unspecified atom stereocenters. The van der Waals surface area contributed by atoms with Gasteiger partial charge in [0.25, 0.3) is 5.88 Å². The van der Waals surface area contributed by atoms with Crippen molar-refractivity contribution < 1.29 is 14.4 Å². The highest BCUT2D eigenvalue weighted by Gasteiger charge is 2.28. The number of anilines is 2. The van der Waals surface area contributed by atoms with E-state index in [2.05, 4.69) is 20.3 Å². The van der Waals surface area contributed by atoms with E-state index in [-0.39, 0.29) is 23.5 Å². The molecule has 2 heterocycles. The molecular formula is C18H19N5O4S. The summed E-state index contributed by atoms with van der Waals surface area (Å²) in [6.07, 6.45) is 6.26. The highest BCUT2D eigenvalue weighted by atomic mass is 32.1. The topological polar surface area (TPSA) is 112 Å². The van der Waals surface area contributed by atoms with Crippen molar-refractivity contribution in [2.24, 2.45) is 0 Å². The van der Waals surface area contributed by atoms with E-state index in [0.717, 1.165) is 41.6 Å². The minimum absolute atomic E-state index is 0.00261. The summed E-state index contributed by atoms with van der Waals surface area (Å²) in [5, 5.41) is 15.1. The van der Waals surface area contributed by atoms with Gasteiger partial charge in [-0.3, -0.25) is 10.1 Å². The van der Waals surface area contributed by atoms with E-state index in [0.29, 0.717) is 5.13 Å². The SMILES string of the molecule is COc1ccc2nc(Nc3ncnc(OC4CCCCC4)c3[N+](=O)[O-])sc2c1. The average Bonchev–Trinajstić information content (AvgIpc) is 3.10. The monoisotopic (exact) mass is 401 g/mol. The average molecular weight is 401 g/mol. The van der Waals surface area contributed by atoms with Crippen LogP contribution in [-0.4, -0.2) is 33.1 Å². The number of thiazole rings is 1. The Hall–Kier alpha value is -3.01. The second-order valence-electron chi connectivity index (χ2n) is 6.49. The normalized spacial score (nSPS) is 14.8. The lowest BCUT2D eigenvalue weighted by Crippen LogP contribution is -2.21.